The van der Waals surface area contributed by atoms with Gasteiger partial charge in [-0.05, 0) is 37.6 Å². The molecule has 124 valence electrons. The number of nitrogens with zero attached hydrogens (tertiary/aromatic N) is 3. The van der Waals surface area contributed by atoms with Crippen LogP contribution in [0.2, 0.25) is 5.02 Å². The second kappa shape index (κ2) is 8.11. The summed E-state index contributed by atoms with van der Waals surface area (Å²) in [5.74, 6) is 0. The minimum Gasteiger partial charge on any atom is -0.379 e. The zero-order valence-electron chi connectivity index (χ0n) is 13.4. The summed E-state index contributed by atoms with van der Waals surface area (Å²) in [6.45, 7) is 8.09. The Balaban J connectivity index is 1.67. The van der Waals surface area contributed by atoms with Crippen molar-refractivity contribution in [3.8, 4) is 0 Å². The number of hydrogen-bond donors (Lipinski definition) is 0. The maximum Gasteiger partial charge on any atom is 0.190 e. The molecule has 1 aromatic carbocycles. The van der Waals surface area contributed by atoms with Crippen LogP contribution in [-0.2, 0) is 11.3 Å². The summed E-state index contributed by atoms with van der Waals surface area (Å²) in [7, 11) is 0. The molecule has 2 heterocycles. The Labute approximate surface area is 146 Å². The Morgan fingerprint density at radius 3 is 2.65 bits per heavy atom. The van der Waals surface area contributed by atoms with Gasteiger partial charge in [-0.15, -0.1) is 11.3 Å². The van der Waals surface area contributed by atoms with Crippen molar-refractivity contribution in [1.82, 2.24) is 9.47 Å². The van der Waals surface area contributed by atoms with E-state index in [1.54, 1.807) is 11.3 Å². The van der Waals surface area contributed by atoms with E-state index in [0.717, 1.165) is 61.3 Å². The van der Waals surface area contributed by atoms with E-state index in [9.17, 15) is 0 Å². The Morgan fingerprint density at radius 1 is 1.17 bits per heavy atom. The SMILES string of the molecule is Cc1csc(=Nc2ccc(Cl)cc2)n1CCCN1CCOCC1. The number of aryl methyl sites for hydroxylation is 1. The average molecular weight is 352 g/mol. The lowest BCUT2D eigenvalue weighted by Crippen LogP contribution is -2.37. The van der Waals surface area contributed by atoms with Crippen molar-refractivity contribution in [1.29, 1.82) is 0 Å². The highest BCUT2D eigenvalue weighted by Crippen LogP contribution is 2.16. The van der Waals surface area contributed by atoms with Crippen molar-refractivity contribution in [2.45, 2.75) is 19.9 Å². The van der Waals surface area contributed by atoms with Gasteiger partial charge < -0.3 is 9.30 Å². The van der Waals surface area contributed by atoms with Gasteiger partial charge in [0.05, 0.1) is 18.9 Å². The molecule has 1 aliphatic heterocycles. The fourth-order valence-electron chi connectivity index (χ4n) is 2.68. The Bertz CT molecular complexity index is 687. The van der Waals surface area contributed by atoms with Crippen LogP contribution in [0.15, 0.2) is 34.6 Å². The summed E-state index contributed by atoms with van der Waals surface area (Å²) in [6, 6.07) is 7.66. The van der Waals surface area contributed by atoms with Gasteiger partial charge in [0.15, 0.2) is 4.80 Å². The van der Waals surface area contributed by atoms with Gasteiger partial charge >= 0.3 is 0 Å². The zero-order valence-corrected chi connectivity index (χ0v) is 14.9. The summed E-state index contributed by atoms with van der Waals surface area (Å²) in [4.78, 5) is 8.28. The molecule has 0 amide bonds. The van der Waals surface area contributed by atoms with Gasteiger partial charge in [0, 0.05) is 42.3 Å². The first-order valence-electron chi connectivity index (χ1n) is 7.98. The second-order valence-electron chi connectivity index (χ2n) is 5.71. The normalized spacial score (nSPS) is 16.9. The van der Waals surface area contributed by atoms with Crippen LogP contribution >= 0.6 is 22.9 Å². The average Bonchev–Trinajstić information content (AvgIpc) is 2.91. The molecule has 0 saturated carbocycles. The molecular weight excluding hydrogens is 330 g/mol. The van der Waals surface area contributed by atoms with E-state index in [1.165, 1.54) is 5.69 Å². The topological polar surface area (TPSA) is 29.8 Å². The van der Waals surface area contributed by atoms with E-state index >= 15 is 0 Å². The summed E-state index contributed by atoms with van der Waals surface area (Å²) >= 11 is 7.63. The lowest BCUT2D eigenvalue weighted by molar-refractivity contribution is 0.0369. The van der Waals surface area contributed by atoms with E-state index in [1.807, 2.05) is 24.3 Å². The zero-order chi connectivity index (χ0) is 16.1. The maximum absolute atomic E-state index is 5.93. The standard InChI is InChI=1S/C17H22ClN3OS/c1-14-13-23-17(19-16-5-3-15(18)4-6-16)21(14)8-2-7-20-9-11-22-12-10-20/h3-6,13H,2,7-12H2,1H3. The minimum absolute atomic E-state index is 0.740. The Morgan fingerprint density at radius 2 is 1.91 bits per heavy atom. The van der Waals surface area contributed by atoms with Crippen molar-refractivity contribution in [2.75, 3.05) is 32.8 Å². The third-order valence-corrected chi connectivity index (χ3v) is 5.24. The van der Waals surface area contributed by atoms with E-state index in [4.69, 9.17) is 21.3 Å². The van der Waals surface area contributed by atoms with Crippen molar-refractivity contribution in [2.24, 2.45) is 4.99 Å². The molecule has 1 fully saturated rings. The van der Waals surface area contributed by atoms with Gasteiger partial charge in [-0.25, -0.2) is 4.99 Å². The summed E-state index contributed by atoms with van der Waals surface area (Å²) in [6.07, 6.45) is 1.13. The number of aromatic nitrogens is 1. The van der Waals surface area contributed by atoms with Gasteiger partial charge in [-0.3, -0.25) is 4.90 Å². The van der Waals surface area contributed by atoms with Crippen LogP contribution in [0.1, 0.15) is 12.1 Å². The predicted octanol–water partition coefficient (Wildman–Crippen LogP) is 3.47. The van der Waals surface area contributed by atoms with Crippen LogP contribution in [0, 0.1) is 6.92 Å². The summed E-state index contributed by atoms with van der Waals surface area (Å²) < 4.78 is 7.70. The lowest BCUT2D eigenvalue weighted by atomic mass is 10.3. The van der Waals surface area contributed by atoms with E-state index in [-0.39, 0.29) is 0 Å². The molecule has 3 rings (SSSR count). The number of benzene rings is 1. The molecule has 0 aliphatic carbocycles. The first-order chi connectivity index (χ1) is 11.2. The molecule has 0 spiro atoms. The van der Waals surface area contributed by atoms with Crippen molar-refractivity contribution in [3.05, 3.63) is 45.2 Å². The molecule has 1 aliphatic rings. The number of thiazole rings is 1. The lowest BCUT2D eigenvalue weighted by Gasteiger charge is -2.26. The molecule has 0 radical (unpaired) electrons. The van der Waals surface area contributed by atoms with Gasteiger partial charge in [-0.1, -0.05) is 11.6 Å². The quantitative estimate of drug-likeness (QED) is 0.825. The monoisotopic (exact) mass is 351 g/mol. The second-order valence-corrected chi connectivity index (χ2v) is 6.98. The van der Waals surface area contributed by atoms with Crippen LogP contribution in [0.25, 0.3) is 0 Å². The minimum atomic E-state index is 0.740. The molecule has 4 nitrogen and oxygen atoms in total. The number of halogens is 1. The van der Waals surface area contributed by atoms with Gasteiger partial charge in [0.1, 0.15) is 0 Å². The highest BCUT2D eigenvalue weighted by atomic mass is 35.5. The molecule has 0 unspecified atom stereocenters. The van der Waals surface area contributed by atoms with Gasteiger partial charge in [-0.2, -0.15) is 0 Å². The summed E-state index contributed by atoms with van der Waals surface area (Å²) in [5, 5.41) is 2.91. The molecule has 6 heteroatoms. The van der Waals surface area contributed by atoms with Crippen molar-refractivity contribution >= 4 is 28.6 Å². The highest BCUT2D eigenvalue weighted by Gasteiger charge is 2.10. The molecule has 0 bridgehead atoms. The maximum atomic E-state index is 5.93. The third kappa shape index (κ3) is 4.67. The van der Waals surface area contributed by atoms with Crippen LogP contribution in [0.4, 0.5) is 5.69 Å². The largest absolute Gasteiger partial charge is 0.379 e. The van der Waals surface area contributed by atoms with Crippen LogP contribution in [0.5, 0.6) is 0 Å². The number of rotatable bonds is 5. The molecule has 1 aromatic heterocycles. The Kier molecular flexibility index (Phi) is 5.89. The number of hydrogen-bond acceptors (Lipinski definition) is 4. The summed E-state index contributed by atoms with van der Waals surface area (Å²) in [5.41, 5.74) is 2.21. The predicted molar refractivity (Wildman–Crippen MR) is 95.6 cm³/mol. The first kappa shape index (κ1) is 16.7. The van der Waals surface area contributed by atoms with E-state index in [0.29, 0.717) is 0 Å². The number of ether oxygens (including phenoxy) is 1. The van der Waals surface area contributed by atoms with Crippen LogP contribution in [0.3, 0.4) is 0 Å². The molecular formula is C17H22ClN3OS. The van der Waals surface area contributed by atoms with Crippen molar-refractivity contribution < 1.29 is 4.74 Å². The molecule has 0 N–H and O–H groups in total. The van der Waals surface area contributed by atoms with Gasteiger partial charge in [0.25, 0.3) is 0 Å². The first-order valence-corrected chi connectivity index (χ1v) is 9.23. The molecule has 23 heavy (non-hydrogen) atoms. The third-order valence-electron chi connectivity index (χ3n) is 4.00. The Hall–Kier alpha value is -1.14. The van der Waals surface area contributed by atoms with Gasteiger partial charge in [0.2, 0.25) is 0 Å². The smallest absolute Gasteiger partial charge is 0.190 e. The number of morpholine rings is 1. The van der Waals surface area contributed by atoms with Crippen LogP contribution < -0.4 is 4.80 Å². The van der Waals surface area contributed by atoms with E-state index in [2.05, 4.69) is 21.8 Å². The van der Waals surface area contributed by atoms with E-state index < -0.39 is 0 Å². The fraction of sp³-hybridized carbons (Fsp3) is 0.471. The fourth-order valence-corrected chi connectivity index (χ4v) is 3.73. The van der Waals surface area contributed by atoms with Crippen LogP contribution in [-0.4, -0.2) is 42.3 Å². The molecule has 0 atom stereocenters. The molecule has 1 saturated heterocycles. The van der Waals surface area contributed by atoms with Crippen molar-refractivity contribution in [3.63, 3.8) is 0 Å². The molecule has 2 aromatic rings. The highest BCUT2D eigenvalue weighted by molar-refractivity contribution is 7.07.